The van der Waals surface area contributed by atoms with Crippen LogP contribution in [0.2, 0.25) is 0 Å². The van der Waals surface area contributed by atoms with Crippen LogP contribution in [-0.2, 0) is 33.2 Å². The summed E-state index contributed by atoms with van der Waals surface area (Å²) < 4.78 is 36.1. The minimum atomic E-state index is -1.93. The number of rotatable bonds is 10. The minimum Gasteiger partial charge on any atom is -0.490 e. The monoisotopic (exact) mass is 823 g/mol. The normalized spacial score (nSPS) is 43.9. The maximum atomic E-state index is 13.9. The van der Waals surface area contributed by atoms with E-state index in [9.17, 15) is 35.4 Å². The summed E-state index contributed by atoms with van der Waals surface area (Å²) in [6.07, 6.45) is 3.82. The van der Waals surface area contributed by atoms with Gasteiger partial charge in [-0.3, -0.25) is 0 Å². The fraction of sp³-hybridized carbons (Fsp3) is 0.756. The number of methoxy groups -OCH3 is 2. The molecule has 0 aromatic carbocycles. The average Bonchev–Trinajstić information content (AvgIpc) is 3.17. The maximum absolute atomic E-state index is 13.9. The number of aliphatic hydroxyl groups excluding tert-OH is 5. The molecule has 6 N–H and O–H groups in total. The van der Waals surface area contributed by atoms with Gasteiger partial charge >= 0.3 is 5.97 Å². The van der Waals surface area contributed by atoms with E-state index in [1.54, 1.807) is 39.8 Å². The highest BCUT2D eigenvalue weighted by Crippen LogP contribution is 2.42. The highest BCUT2D eigenvalue weighted by atomic mass is 16.7. The van der Waals surface area contributed by atoms with Crippen LogP contribution >= 0.6 is 0 Å². The molecule has 0 aromatic heterocycles. The van der Waals surface area contributed by atoms with Gasteiger partial charge in [-0.2, -0.15) is 0 Å². The van der Waals surface area contributed by atoms with E-state index in [0.717, 1.165) is 5.57 Å². The zero-order chi connectivity index (χ0) is 43.6. The summed E-state index contributed by atoms with van der Waals surface area (Å²) in [6, 6.07) is 0. The number of aliphatic hydroxyl groups is 6. The molecule has 0 spiro atoms. The number of cyclic esters (lactones) is 1. The van der Waals surface area contributed by atoms with Crippen molar-refractivity contribution in [1.29, 1.82) is 0 Å². The topological polar surface area (TPSA) is 194 Å². The molecule has 58 heavy (non-hydrogen) atoms. The third kappa shape index (κ3) is 12.6. The number of ether oxygens (including phenoxy) is 6. The van der Waals surface area contributed by atoms with Gasteiger partial charge in [0, 0.05) is 49.5 Å². The Morgan fingerprint density at radius 1 is 1.03 bits per heavy atom. The first-order valence-corrected chi connectivity index (χ1v) is 21.0. The molecule has 13 nitrogen and oxygen atoms in total. The first-order valence-electron chi connectivity index (χ1n) is 21.0. The van der Waals surface area contributed by atoms with Crippen molar-refractivity contribution in [3.8, 4) is 0 Å². The zero-order valence-electron chi connectivity index (χ0n) is 36.7. The lowest BCUT2D eigenvalue weighted by Crippen LogP contribution is -2.59. The van der Waals surface area contributed by atoms with Crippen LogP contribution in [0, 0.1) is 35.5 Å². The molecule has 18 atom stereocenters. The van der Waals surface area contributed by atoms with Crippen molar-refractivity contribution in [3.05, 3.63) is 59.4 Å². The van der Waals surface area contributed by atoms with Crippen LogP contribution < -0.4 is 0 Å². The van der Waals surface area contributed by atoms with Gasteiger partial charge in [-0.1, -0.05) is 89.1 Å². The summed E-state index contributed by atoms with van der Waals surface area (Å²) in [7, 11) is 2.83. The lowest BCUT2D eigenvalue weighted by Gasteiger charge is -2.49. The Hall–Kier alpha value is -2.43. The summed E-state index contributed by atoms with van der Waals surface area (Å²) in [5, 5.41) is 67.8. The first-order chi connectivity index (χ1) is 27.2. The lowest BCUT2D eigenvalue weighted by atomic mass is 9.77. The van der Waals surface area contributed by atoms with Crippen LogP contribution in [0.15, 0.2) is 59.4 Å². The van der Waals surface area contributed by atoms with Gasteiger partial charge < -0.3 is 59.1 Å². The van der Waals surface area contributed by atoms with Crippen LogP contribution in [-0.4, -0.2) is 124 Å². The van der Waals surface area contributed by atoms with E-state index in [2.05, 4.69) is 0 Å². The molecule has 0 aliphatic carbocycles. The second kappa shape index (κ2) is 22.4. The third-order valence-corrected chi connectivity index (χ3v) is 12.5. The summed E-state index contributed by atoms with van der Waals surface area (Å²) in [4.78, 5) is 13.9. The van der Waals surface area contributed by atoms with Crippen molar-refractivity contribution in [2.24, 2.45) is 35.5 Å². The fourth-order valence-corrected chi connectivity index (χ4v) is 8.64. The molecule has 0 aromatic rings. The molecule has 2 saturated heterocycles. The van der Waals surface area contributed by atoms with Crippen molar-refractivity contribution in [2.75, 3.05) is 14.2 Å². The highest BCUT2D eigenvalue weighted by molar-refractivity contribution is 5.87. The summed E-state index contributed by atoms with van der Waals surface area (Å²) in [5.74, 6) is -5.78. The van der Waals surface area contributed by atoms with Gasteiger partial charge in [0.2, 0.25) is 5.76 Å². The molecule has 332 valence electrons. The number of hydrogen-bond acceptors (Lipinski definition) is 13. The van der Waals surface area contributed by atoms with E-state index in [-0.39, 0.29) is 42.3 Å². The predicted molar refractivity (Wildman–Crippen MR) is 220 cm³/mol. The predicted octanol–water partition coefficient (Wildman–Crippen LogP) is 4.88. The molecule has 3 heterocycles. The fourth-order valence-electron chi connectivity index (χ4n) is 8.64. The Labute approximate surface area is 346 Å². The molecule has 0 radical (unpaired) electrons. The number of carbonyl (C=O) groups is 1. The van der Waals surface area contributed by atoms with Crippen LogP contribution in [0.3, 0.4) is 0 Å². The van der Waals surface area contributed by atoms with Crippen LogP contribution in [0.5, 0.6) is 0 Å². The number of esters is 1. The maximum Gasteiger partial charge on any atom is 0.373 e. The van der Waals surface area contributed by atoms with Gasteiger partial charge in [-0.05, 0) is 52.5 Å². The smallest absolute Gasteiger partial charge is 0.373 e. The molecule has 0 bridgehead atoms. The van der Waals surface area contributed by atoms with Gasteiger partial charge in [0.15, 0.2) is 12.1 Å². The third-order valence-electron chi connectivity index (χ3n) is 12.5. The summed E-state index contributed by atoms with van der Waals surface area (Å²) in [5.41, 5.74) is 1.61. The second-order valence-corrected chi connectivity index (χ2v) is 17.1. The van der Waals surface area contributed by atoms with Gasteiger partial charge in [0.25, 0.3) is 0 Å². The molecule has 14 unspecified atom stereocenters. The van der Waals surface area contributed by atoms with Crippen molar-refractivity contribution in [3.63, 3.8) is 0 Å². The Bertz CT molecular complexity index is 1450. The van der Waals surface area contributed by atoms with E-state index >= 15 is 0 Å². The largest absolute Gasteiger partial charge is 0.490 e. The molecule has 3 aliphatic heterocycles. The van der Waals surface area contributed by atoms with Crippen molar-refractivity contribution >= 4 is 5.97 Å². The van der Waals surface area contributed by atoms with Gasteiger partial charge in [0.1, 0.15) is 18.3 Å². The Morgan fingerprint density at radius 2 is 1.71 bits per heavy atom. The van der Waals surface area contributed by atoms with Crippen molar-refractivity contribution in [2.45, 2.75) is 168 Å². The van der Waals surface area contributed by atoms with Gasteiger partial charge in [0.05, 0.1) is 49.8 Å². The Balaban J connectivity index is 2.02. The highest BCUT2D eigenvalue weighted by Gasteiger charge is 2.52. The van der Waals surface area contributed by atoms with Crippen molar-refractivity contribution in [1.82, 2.24) is 0 Å². The van der Waals surface area contributed by atoms with Gasteiger partial charge in [-0.25, -0.2) is 4.79 Å². The molecule has 3 aliphatic rings. The van der Waals surface area contributed by atoms with E-state index in [1.165, 1.54) is 20.3 Å². The minimum absolute atomic E-state index is 0.0414. The number of hydrogen-bond donors (Lipinski definition) is 6. The Kier molecular flexibility index (Phi) is 19.3. The van der Waals surface area contributed by atoms with Crippen LogP contribution in [0.25, 0.3) is 0 Å². The SMILES string of the molecule is C/C=C/C1OC(O)(C(C)C(O)C(C)C2OC(=O)/C(OC)=C\C(C)=C/C(C)C(O)C(CC)C(O)C(C)C/C(C)=C\C=C/C2OC)CC(O[C@@H]2C[C@@H](O)[C@H](O)[C@@H](C)O2)C1C. The summed E-state index contributed by atoms with van der Waals surface area (Å²) >= 11 is 0. The zero-order valence-corrected chi connectivity index (χ0v) is 36.7. The molecule has 3 rings (SSSR count). The van der Waals surface area contributed by atoms with E-state index in [1.807, 2.05) is 65.8 Å². The molecule has 13 heteroatoms. The van der Waals surface area contributed by atoms with Crippen molar-refractivity contribution < 1.29 is 63.9 Å². The summed E-state index contributed by atoms with van der Waals surface area (Å²) in [6.45, 7) is 18.3. The Morgan fingerprint density at radius 3 is 2.29 bits per heavy atom. The first kappa shape index (κ1) is 49.9. The standard InChI is InChI=1S/C45H74O13/c1-13-16-34-28(7)37(56-38-22-33(46)42(50)31(10)55-38)23-45(52,58-34)30(9)41(49)29(8)43-35(53-11)18-15-17-24(3)19-26(5)39(47)32(14-2)40(48)27(6)20-25(4)21-36(54-12)44(51)57-43/h13,15-18,20-21,26-35,37-43,46-50,52H,14,19,22-23H2,1-12H3/b16-13+,18-15-,24-17-,25-20-,36-21+/t26?,27?,28?,29?,30?,31-,32?,33-,34?,35?,37?,38-,39?,40?,41?,42-,43?,45?/m1/s1. The van der Waals surface area contributed by atoms with Crippen LogP contribution in [0.4, 0.5) is 0 Å². The van der Waals surface area contributed by atoms with E-state index in [4.69, 9.17) is 28.4 Å². The van der Waals surface area contributed by atoms with Crippen LogP contribution in [0.1, 0.15) is 94.9 Å². The number of carbonyl (C=O) groups excluding carboxylic acids is 1. The van der Waals surface area contributed by atoms with E-state index < -0.39 is 90.9 Å². The molecule has 2 fully saturated rings. The average molecular weight is 823 g/mol. The second-order valence-electron chi connectivity index (χ2n) is 17.1. The lowest BCUT2D eigenvalue weighted by molar-refractivity contribution is -0.339. The molecular formula is C45H74O13. The van der Waals surface area contributed by atoms with E-state index in [0.29, 0.717) is 18.4 Å². The number of allylic oxidation sites excluding steroid dienone is 6. The van der Waals surface area contributed by atoms with Gasteiger partial charge in [-0.15, -0.1) is 0 Å². The molecule has 0 amide bonds. The molecule has 0 saturated carbocycles. The quantitative estimate of drug-likeness (QED) is 0.129. The molecular weight excluding hydrogens is 748 g/mol.